The number of hydrogen-bond donors (Lipinski definition) is 2. The first kappa shape index (κ1) is 9.90. The van der Waals surface area contributed by atoms with Crippen molar-refractivity contribution >= 4 is 11.8 Å². The van der Waals surface area contributed by atoms with E-state index in [0.29, 0.717) is 0 Å². The highest BCUT2D eigenvalue weighted by Gasteiger charge is 2.15. The fourth-order valence-corrected chi connectivity index (χ4v) is 0.532. The smallest absolute Gasteiger partial charge is 0.311 e. The lowest BCUT2D eigenvalue weighted by Gasteiger charge is -2.13. The predicted octanol–water partition coefficient (Wildman–Crippen LogP) is -1.82. The summed E-state index contributed by atoms with van der Waals surface area (Å²) in [5, 5.41) is 10.6. The van der Waals surface area contributed by atoms with E-state index in [2.05, 4.69) is 5.32 Å². The molecule has 0 aromatic rings. The van der Waals surface area contributed by atoms with Crippen molar-refractivity contribution in [2.75, 3.05) is 27.2 Å². The molecule has 5 heteroatoms. The third-order valence-corrected chi connectivity index (χ3v) is 1.20. The Hall–Kier alpha value is -1.10. The molecule has 0 aromatic carbocycles. The molecule has 2 amide bonds. The van der Waals surface area contributed by atoms with Crippen LogP contribution < -0.4 is 5.32 Å². The van der Waals surface area contributed by atoms with Crippen LogP contribution >= 0.6 is 0 Å². The molecule has 64 valence electrons. The normalized spacial score (nSPS) is 9.00. The first-order chi connectivity index (χ1) is 5.13. The van der Waals surface area contributed by atoms with Crippen molar-refractivity contribution in [3.63, 3.8) is 0 Å². The minimum Gasteiger partial charge on any atom is -0.395 e. The maximum absolute atomic E-state index is 10.9. The van der Waals surface area contributed by atoms with Crippen molar-refractivity contribution in [3.05, 3.63) is 0 Å². The molecule has 0 aliphatic rings. The van der Waals surface area contributed by atoms with Crippen LogP contribution in [0.15, 0.2) is 0 Å². The molecule has 0 atom stereocenters. The van der Waals surface area contributed by atoms with Gasteiger partial charge >= 0.3 is 11.8 Å². The summed E-state index contributed by atoms with van der Waals surface area (Å²) in [6.07, 6.45) is 0. The Morgan fingerprint density at radius 3 is 2.45 bits per heavy atom. The Kier molecular flexibility index (Phi) is 4.21. The maximum atomic E-state index is 10.9. The molecule has 0 aromatic heterocycles. The highest BCUT2D eigenvalue weighted by atomic mass is 16.3. The van der Waals surface area contributed by atoms with Crippen LogP contribution in [0.25, 0.3) is 0 Å². The molecule has 0 aliphatic heterocycles. The van der Waals surface area contributed by atoms with E-state index >= 15 is 0 Å². The summed E-state index contributed by atoms with van der Waals surface area (Å²) in [6.45, 7) is 0.0332. The van der Waals surface area contributed by atoms with Gasteiger partial charge in [-0.1, -0.05) is 0 Å². The fourth-order valence-electron chi connectivity index (χ4n) is 0.532. The summed E-state index contributed by atoms with van der Waals surface area (Å²) in [6, 6.07) is 0. The molecule has 11 heavy (non-hydrogen) atoms. The van der Waals surface area contributed by atoms with Crippen LogP contribution in [0.5, 0.6) is 0 Å². The van der Waals surface area contributed by atoms with Crippen LogP contribution in [0.3, 0.4) is 0 Å². The van der Waals surface area contributed by atoms with Gasteiger partial charge in [0.05, 0.1) is 6.61 Å². The molecule has 0 saturated heterocycles. The number of rotatable bonds is 2. The summed E-state index contributed by atoms with van der Waals surface area (Å²) < 4.78 is 0. The topological polar surface area (TPSA) is 69.6 Å². The minimum atomic E-state index is -0.666. The summed E-state index contributed by atoms with van der Waals surface area (Å²) in [5.41, 5.74) is 0. The monoisotopic (exact) mass is 160 g/mol. The molecule has 0 fully saturated rings. The molecule has 2 N–H and O–H groups in total. The van der Waals surface area contributed by atoms with Gasteiger partial charge in [0.2, 0.25) is 0 Å². The van der Waals surface area contributed by atoms with Gasteiger partial charge in [0.15, 0.2) is 0 Å². The Labute approximate surface area is 65.0 Å². The number of amides is 2. The Bertz CT molecular complexity index is 158. The number of nitrogens with one attached hydrogen (secondary N) is 1. The number of carbonyl (C=O) groups is 2. The molecule has 0 saturated carbocycles. The van der Waals surface area contributed by atoms with Gasteiger partial charge in [0.1, 0.15) is 0 Å². The Balaban J connectivity index is 3.91. The molecule has 0 heterocycles. The minimum absolute atomic E-state index is 0.140. The van der Waals surface area contributed by atoms with E-state index < -0.39 is 11.8 Å². The molecule has 0 bridgehead atoms. The summed E-state index contributed by atoms with van der Waals surface area (Å²) in [7, 11) is 2.83. The predicted molar refractivity (Wildman–Crippen MR) is 38.8 cm³/mol. The molecule has 0 unspecified atom stereocenters. The highest BCUT2D eigenvalue weighted by molar-refractivity contribution is 6.34. The van der Waals surface area contributed by atoms with E-state index in [1.807, 2.05) is 0 Å². The molecular formula is C6H12N2O3. The first-order valence-electron chi connectivity index (χ1n) is 3.21. The average Bonchev–Trinajstić information content (AvgIpc) is 2.02. The Morgan fingerprint density at radius 1 is 1.55 bits per heavy atom. The van der Waals surface area contributed by atoms with Crippen LogP contribution in [-0.4, -0.2) is 49.1 Å². The third-order valence-electron chi connectivity index (χ3n) is 1.20. The summed E-state index contributed by atoms with van der Waals surface area (Å²) in [5.74, 6) is -1.30. The molecule has 0 spiro atoms. The van der Waals surface area contributed by atoms with Crippen molar-refractivity contribution < 1.29 is 14.7 Å². The van der Waals surface area contributed by atoms with E-state index in [1.165, 1.54) is 14.1 Å². The summed E-state index contributed by atoms with van der Waals surface area (Å²) >= 11 is 0. The van der Waals surface area contributed by atoms with Gasteiger partial charge in [-0.25, -0.2) is 0 Å². The van der Waals surface area contributed by atoms with E-state index in [9.17, 15) is 9.59 Å². The van der Waals surface area contributed by atoms with E-state index in [-0.39, 0.29) is 13.2 Å². The van der Waals surface area contributed by atoms with E-state index in [1.54, 1.807) is 0 Å². The fraction of sp³-hybridized carbons (Fsp3) is 0.667. The molecule has 0 radical (unpaired) electrons. The quantitative estimate of drug-likeness (QED) is 0.467. The first-order valence-corrected chi connectivity index (χ1v) is 3.21. The van der Waals surface area contributed by atoms with Crippen LogP contribution in [0.4, 0.5) is 0 Å². The number of aliphatic hydroxyl groups is 1. The molecule has 5 nitrogen and oxygen atoms in total. The van der Waals surface area contributed by atoms with Gasteiger partial charge in [-0.2, -0.15) is 0 Å². The van der Waals surface area contributed by atoms with Crippen molar-refractivity contribution in [2.24, 2.45) is 0 Å². The lowest BCUT2D eigenvalue weighted by atomic mass is 10.5. The van der Waals surface area contributed by atoms with Gasteiger partial charge in [-0.15, -0.1) is 0 Å². The second kappa shape index (κ2) is 4.68. The lowest BCUT2D eigenvalue weighted by molar-refractivity contribution is -0.144. The van der Waals surface area contributed by atoms with Gasteiger partial charge in [0, 0.05) is 20.6 Å². The largest absolute Gasteiger partial charge is 0.395 e. The lowest BCUT2D eigenvalue weighted by Crippen LogP contribution is -2.40. The van der Waals surface area contributed by atoms with Gasteiger partial charge in [-0.05, 0) is 0 Å². The van der Waals surface area contributed by atoms with Crippen LogP contribution in [0, 0.1) is 0 Å². The molecule has 0 aliphatic carbocycles. The zero-order valence-electron chi connectivity index (χ0n) is 6.63. The number of aliphatic hydroxyl groups excluding tert-OH is 1. The van der Waals surface area contributed by atoms with Crippen molar-refractivity contribution in [3.8, 4) is 0 Å². The summed E-state index contributed by atoms with van der Waals surface area (Å²) in [4.78, 5) is 22.7. The molecular weight excluding hydrogens is 148 g/mol. The molecule has 0 rings (SSSR count). The van der Waals surface area contributed by atoms with Crippen LogP contribution in [-0.2, 0) is 9.59 Å². The second-order valence-corrected chi connectivity index (χ2v) is 2.03. The number of hydrogen-bond acceptors (Lipinski definition) is 3. The van der Waals surface area contributed by atoms with Crippen molar-refractivity contribution in [2.45, 2.75) is 0 Å². The average molecular weight is 160 g/mol. The van der Waals surface area contributed by atoms with Gasteiger partial charge in [-0.3, -0.25) is 9.59 Å². The van der Waals surface area contributed by atoms with Crippen molar-refractivity contribution in [1.29, 1.82) is 0 Å². The van der Waals surface area contributed by atoms with E-state index in [4.69, 9.17) is 5.11 Å². The van der Waals surface area contributed by atoms with Crippen molar-refractivity contribution in [1.82, 2.24) is 10.2 Å². The van der Waals surface area contributed by atoms with E-state index in [0.717, 1.165) is 4.90 Å². The SMILES string of the molecule is CNC(=O)C(=O)N(C)CCO. The Morgan fingerprint density at radius 2 is 2.09 bits per heavy atom. The van der Waals surface area contributed by atoms with Gasteiger partial charge < -0.3 is 15.3 Å². The zero-order valence-corrected chi connectivity index (χ0v) is 6.63. The van der Waals surface area contributed by atoms with Gasteiger partial charge in [0.25, 0.3) is 0 Å². The van der Waals surface area contributed by atoms with Crippen LogP contribution in [0.2, 0.25) is 0 Å². The standard InChI is InChI=1S/C6H12N2O3/c1-7-5(10)6(11)8(2)3-4-9/h9H,3-4H2,1-2H3,(H,7,10). The van der Waals surface area contributed by atoms with Crippen LogP contribution in [0.1, 0.15) is 0 Å². The number of nitrogens with zero attached hydrogens (tertiary/aromatic N) is 1. The highest BCUT2D eigenvalue weighted by Crippen LogP contribution is 1.82. The maximum Gasteiger partial charge on any atom is 0.311 e. The third kappa shape index (κ3) is 2.99. The zero-order chi connectivity index (χ0) is 8.85. The second-order valence-electron chi connectivity index (χ2n) is 2.03. The number of carbonyl (C=O) groups excluding carboxylic acids is 2. The number of likely N-dealkylation sites (N-methyl/N-ethyl adjacent to an activating group) is 2.